The Hall–Kier alpha value is -1.88. The van der Waals surface area contributed by atoms with E-state index in [-0.39, 0.29) is 17.9 Å². The van der Waals surface area contributed by atoms with Crippen LogP contribution in [0.4, 0.5) is 8.78 Å². The van der Waals surface area contributed by atoms with Crippen LogP contribution in [0.3, 0.4) is 0 Å². The largest absolute Gasteiger partial charge is 0.353 e. The summed E-state index contributed by atoms with van der Waals surface area (Å²) in [5, 5.41) is 3.04. The molecule has 2 atom stereocenters. The van der Waals surface area contributed by atoms with Crippen LogP contribution in [0.25, 0.3) is 0 Å². The van der Waals surface area contributed by atoms with Crippen molar-refractivity contribution in [2.75, 3.05) is 5.75 Å². The summed E-state index contributed by atoms with van der Waals surface area (Å²) in [6.07, 6.45) is 1.27. The van der Waals surface area contributed by atoms with E-state index in [0.717, 1.165) is 22.9 Å². The Labute approximate surface area is 144 Å². The van der Waals surface area contributed by atoms with Crippen molar-refractivity contribution in [3.05, 3.63) is 65.2 Å². The Bertz CT molecular complexity index is 750. The molecule has 0 saturated carbocycles. The number of aryl methyl sites for hydroxylation is 1. The van der Waals surface area contributed by atoms with Crippen molar-refractivity contribution < 1.29 is 13.6 Å². The van der Waals surface area contributed by atoms with Crippen LogP contribution in [-0.2, 0) is 11.2 Å². The van der Waals surface area contributed by atoms with Gasteiger partial charge in [-0.2, -0.15) is 0 Å². The Morgan fingerprint density at radius 1 is 1.25 bits per heavy atom. The minimum absolute atomic E-state index is 0.0247. The zero-order chi connectivity index (χ0) is 17.1. The lowest BCUT2D eigenvalue weighted by Gasteiger charge is -2.17. The van der Waals surface area contributed by atoms with Crippen molar-refractivity contribution in [3.8, 4) is 0 Å². The van der Waals surface area contributed by atoms with Gasteiger partial charge in [0, 0.05) is 16.7 Å². The van der Waals surface area contributed by atoms with Crippen LogP contribution in [0, 0.1) is 11.6 Å². The quantitative estimate of drug-likeness (QED) is 0.874. The first-order valence-corrected chi connectivity index (χ1v) is 8.99. The van der Waals surface area contributed by atoms with Crippen LogP contribution in [0.2, 0.25) is 0 Å². The number of halogens is 2. The van der Waals surface area contributed by atoms with Crippen LogP contribution in [0.5, 0.6) is 0 Å². The van der Waals surface area contributed by atoms with E-state index in [9.17, 15) is 13.6 Å². The van der Waals surface area contributed by atoms with Gasteiger partial charge in [0.05, 0.1) is 5.92 Å². The number of fused-ring (bicyclic) bond motifs is 1. The van der Waals surface area contributed by atoms with E-state index in [1.807, 2.05) is 31.2 Å². The number of amides is 1. The molecule has 1 aliphatic heterocycles. The van der Waals surface area contributed by atoms with Crippen LogP contribution in [-0.4, -0.2) is 17.7 Å². The smallest absolute Gasteiger partial charge is 0.228 e. The molecule has 0 bridgehead atoms. The van der Waals surface area contributed by atoms with Gasteiger partial charge < -0.3 is 5.32 Å². The van der Waals surface area contributed by atoms with E-state index in [0.29, 0.717) is 12.8 Å². The molecule has 0 fully saturated rings. The van der Waals surface area contributed by atoms with Gasteiger partial charge in [-0.3, -0.25) is 4.79 Å². The zero-order valence-electron chi connectivity index (χ0n) is 13.4. The number of hydrogen-bond donors (Lipinski definition) is 1. The van der Waals surface area contributed by atoms with Gasteiger partial charge in [-0.05, 0) is 49.1 Å². The van der Waals surface area contributed by atoms with E-state index in [4.69, 9.17) is 0 Å². The van der Waals surface area contributed by atoms with Crippen molar-refractivity contribution in [3.63, 3.8) is 0 Å². The normalized spacial score (nSPS) is 17.4. The molecule has 24 heavy (non-hydrogen) atoms. The van der Waals surface area contributed by atoms with Crippen molar-refractivity contribution in [2.45, 2.75) is 36.6 Å². The molecule has 0 aliphatic carbocycles. The van der Waals surface area contributed by atoms with Crippen LogP contribution < -0.4 is 5.32 Å². The zero-order valence-corrected chi connectivity index (χ0v) is 14.2. The number of carbonyl (C=O) groups excluding carboxylic acids is 1. The van der Waals surface area contributed by atoms with Crippen LogP contribution in [0.15, 0.2) is 47.4 Å². The monoisotopic (exact) mass is 347 g/mol. The highest BCUT2D eigenvalue weighted by Crippen LogP contribution is 2.39. The second-order valence-electron chi connectivity index (χ2n) is 6.10. The molecule has 126 valence electrons. The molecule has 0 spiro atoms. The third-order valence-corrected chi connectivity index (χ3v) is 5.44. The fourth-order valence-electron chi connectivity index (χ4n) is 2.87. The van der Waals surface area contributed by atoms with Crippen molar-refractivity contribution in [1.29, 1.82) is 0 Å². The molecule has 2 nitrogen and oxygen atoms in total. The number of benzene rings is 2. The molecule has 0 radical (unpaired) electrons. The minimum Gasteiger partial charge on any atom is -0.353 e. The van der Waals surface area contributed by atoms with Gasteiger partial charge in [-0.15, -0.1) is 11.8 Å². The number of nitrogens with one attached hydrogen (secondary N) is 1. The highest BCUT2D eigenvalue weighted by molar-refractivity contribution is 7.99. The summed E-state index contributed by atoms with van der Waals surface area (Å²) in [5.41, 5.74) is 1.82. The number of carbonyl (C=O) groups is 1. The predicted molar refractivity (Wildman–Crippen MR) is 92.2 cm³/mol. The van der Waals surface area contributed by atoms with Gasteiger partial charge in [0.2, 0.25) is 5.91 Å². The van der Waals surface area contributed by atoms with Gasteiger partial charge in [-0.25, -0.2) is 8.78 Å². The standard InChI is InChI=1S/C19H19F2NOS/c1-12(6-7-13-8-9-16(20)17(21)10-13)22-19(23)15-11-24-18-5-3-2-4-14(15)18/h2-5,8-10,12,15H,6-7,11H2,1H3,(H,22,23). The molecule has 1 heterocycles. The lowest BCUT2D eigenvalue weighted by Crippen LogP contribution is -2.36. The lowest BCUT2D eigenvalue weighted by atomic mass is 9.99. The summed E-state index contributed by atoms with van der Waals surface area (Å²) in [7, 11) is 0. The third-order valence-electron chi connectivity index (χ3n) is 4.26. The molecule has 0 saturated heterocycles. The average Bonchev–Trinajstić information content (AvgIpc) is 3.00. The van der Waals surface area contributed by atoms with E-state index in [2.05, 4.69) is 5.32 Å². The molecule has 2 unspecified atom stereocenters. The summed E-state index contributed by atoms with van der Waals surface area (Å²) in [5.74, 6) is -0.982. The van der Waals surface area contributed by atoms with Gasteiger partial charge in [0.25, 0.3) is 0 Å². The molecule has 2 aromatic carbocycles. The van der Waals surface area contributed by atoms with Crippen molar-refractivity contribution >= 4 is 17.7 Å². The fourth-order valence-corrected chi connectivity index (χ4v) is 4.10. The third kappa shape index (κ3) is 3.78. The van der Waals surface area contributed by atoms with Gasteiger partial charge in [-0.1, -0.05) is 24.3 Å². The Balaban J connectivity index is 1.54. The summed E-state index contributed by atoms with van der Waals surface area (Å²) in [4.78, 5) is 13.7. The first-order chi connectivity index (χ1) is 11.5. The second-order valence-corrected chi connectivity index (χ2v) is 7.16. The Morgan fingerprint density at radius 2 is 2.04 bits per heavy atom. The topological polar surface area (TPSA) is 29.1 Å². The average molecular weight is 347 g/mol. The molecule has 1 amide bonds. The van der Waals surface area contributed by atoms with E-state index in [1.54, 1.807) is 17.8 Å². The number of hydrogen-bond acceptors (Lipinski definition) is 2. The van der Waals surface area contributed by atoms with E-state index in [1.165, 1.54) is 11.0 Å². The molecule has 2 aromatic rings. The molecule has 1 N–H and O–H groups in total. The first kappa shape index (κ1) is 17.0. The lowest BCUT2D eigenvalue weighted by molar-refractivity contribution is -0.122. The van der Waals surface area contributed by atoms with E-state index < -0.39 is 11.6 Å². The Kier molecular flexibility index (Phi) is 5.19. The summed E-state index contributed by atoms with van der Waals surface area (Å²) in [6.45, 7) is 1.94. The molecule has 1 aliphatic rings. The molecular formula is C19H19F2NOS. The maximum atomic E-state index is 13.2. The Morgan fingerprint density at radius 3 is 2.83 bits per heavy atom. The summed E-state index contributed by atoms with van der Waals surface area (Å²) in [6, 6.07) is 11.9. The molecule has 3 rings (SSSR count). The van der Waals surface area contributed by atoms with Crippen LogP contribution in [0.1, 0.15) is 30.4 Å². The fraction of sp³-hybridized carbons (Fsp3) is 0.316. The molecule has 0 aromatic heterocycles. The maximum absolute atomic E-state index is 13.2. The summed E-state index contributed by atoms with van der Waals surface area (Å²) >= 11 is 1.71. The maximum Gasteiger partial charge on any atom is 0.228 e. The highest BCUT2D eigenvalue weighted by Gasteiger charge is 2.29. The summed E-state index contributed by atoms with van der Waals surface area (Å²) < 4.78 is 26.1. The second kappa shape index (κ2) is 7.34. The van der Waals surface area contributed by atoms with Gasteiger partial charge in [0.1, 0.15) is 0 Å². The van der Waals surface area contributed by atoms with Gasteiger partial charge in [0.15, 0.2) is 11.6 Å². The molecular weight excluding hydrogens is 328 g/mol. The highest BCUT2D eigenvalue weighted by atomic mass is 32.2. The number of rotatable bonds is 5. The SMILES string of the molecule is CC(CCc1ccc(F)c(F)c1)NC(=O)C1CSc2ccccc21. The first-order valence-electron chi connectivity index (χ1n) is 8.00. The predicted octanol–water partition coefficient (Wildman–Crippen LogP) is 4.29. The van der Waals surface area contributed by atoms with Crippen molar-refractivity contribution in [1.82, 2.24) is 5.32 Å². The van der Waals surface area contributed by atoms with Crippen LogP contribution >= 0.6 is 11.8 Å². The number of thioether (sulfide) groups is 1. The van der Waals surface area contributed by atoms with Crippen molar-refractivity contribution in [2.24, 2.45) is 0 Å². The van der Waals surface area contributed by atoms with E-state index >= 15 is 0 Å². The minimum atomic E-state index is -0.836. The molecule has 5 heteroatoms. The van der Waals surface area contributed by atoms with Gasteiger partial charge >= 0.3 is 0 Å².